The third-order valence-electron chi connectivity index (χ3n) is 1.62. The zero-order valence-corrected chi connectivity index (χ0v) is 10.3. The minimum Gasteiger partial charge on any atom is -0.305 e. The van der Waals surface area contributed by atoms with Gasteiger partial charge in [-0.1, -0.05) is 6.92 Å². The predicted octanol–water partition coefficient (Wildman–Crippen LogP) is 3.72. The van der Waals surface area contributed by atoms with Crippen molar-refractivity contribution in [3.05, 3.63) is 17.1 Å². The Morgan fingerprint density at radius 3 is 2.14 bits per heavy atom. The van der Waals surface area contributed by atoms with Gasteiger partial charge in [0.1, 0.15) is 0 Å². The van der Waals surface area contributed by atoms with Gasteiger partial charge >= 0.3 is 7.60 Å². The van der Waals surface area contributed by atoms with E-state index in [4.69, 9.17) is 9.05 Å². The summed E-state index contributed by atoms with van der Waals surface area (Å²) in [4.78, 5) is 0. The fraction of sp³-hybridized carbons (Fsp3) is 0.700. The summed E-state index contributed by atoms with van der Waals surface area (Å²) in [6.07, 6.45) is 0.884. The lowest BCUT2D eigenvalue weighted by Crippen LogP contribution is -1.92. The van der Waals surface area contributed by atoms with E-state index in [0.29, 0.717) is 13.2 Å². The highest BCUT2D eigenvalue weighted by atomic mass is 31.2. The molecule has 0 bridgehead atoms. The van der Waals surface area contributed by atoms with Gasteiger partial charge in [-0.05, 0) is 32.8 Å². The summed E-state index contributed by atoms with van der Waals surface area (Å²) >= 11 is 0. The number of rotatable bonds is 6. The van der Waals surface area contributed by atoms with Crippen LogP contribution in [0, 0.1) is 0 Å². The minimum absolute atomic E-state index is 0.376. The molecule has 0 aliphatic rings. The van der Waals surface area contributed by atoms with Crippen LogP contribution in [0.15, 0.2) is 17.1 Å². The Morgan fingerprint density at radius 1 is 1.29 bits per heavy atom. The smallest absolute Gasteiger partial charge is 0.305 e. The molecule has 4 heteroatoms. The molecule has 0 atom stereocenters. The van der Waals surface area contributed by atoms with E-state index in [-0.39, 0.29) is 0 Å². The summed E-state index contributed by atoms with van der Waals surface area (Å²) in [6, 6.07) is 0. The normalized spacial score (nSPS) is 10.9. The van der Waals surface area contributed by atoms with Crippen LogP contribution >= 0.6 is 7.60 Å². The third kappa shape index (κ3) is 5.41. The first-order valence-corrected chi connectivity index (χ1v) is 6.51. The summed E-state index contributed by atoms with van der Waals surface area (Å²) in [7, 11) is -3.04. The second-order valence-electron chi connectivity index (χ2n) is 2.78. The highest BCUT2D eigenvalue weighted by molar-refractivity contribution is 7.57. The average molecular weight is 218 g/mol. The standard InChI is InChI=1S/C10H19O3P/c1-5-10(4)8-9-14(11,12-6-2)13-7-3/h9H,5-7H2,1-4H3. The fourth-order valence-corrected chi connectivity index (χ4v) is 2.08. The van der Waals surface area contributed by atoms with Crippen molar-refractivity contribution in [1.82, 2.24) is 0 Å². The second-order valence-corrected chi connectivity index (χ2v) is 4.64. The molecule has 0 aliphatic heterocycles. The molecule has 82 valence electrons. The molecule has 3 nitrogen and oxygen atoms in total. The molecule has 0 rings (SSSR count). The van der Waals surface area contributed by atoms with Crippen molar-refractivity contribution in [3.8, 4) is 0 Å². The largest absolute Gasteiger partial charge is 0.361 e. The van der Waals surface area contributed by atoms with Gasteiger partial charge in [0.15, 0.2) is 0 Å². The lowest BCUT2D eigenvalue weighted by Gasteiger charge is -2.11. The van der Waals surface area contributed by atoms with Crippen LogP contribution in [0.5, 0.6) is 0 Å². The Bertz CT molecular complexity index is 255. The molecular weight excluding hydrogens is 199 g/mol. The number of allylic oxidation sites excluding steroid dienone is 1. The average Bonchev–Trinajstić information content (AvgIpc) is 2.15. The molecule has 0 spiro atoms. The molecule has 0 radical (unpaired) electrons. The number of hydrogen-bond donors (Lipinski definition) is 0. The Balaban J connectivity index is 4.68. The molecule has 0 fully saturated rings. The molecule has 0 saturated carbocycles. The Kier molecular flexibility index (Phi) is 6.86. The van der Waals surface area contributed by atoms with Crippen molar-refractivity contribution in [2.75, 3.05) is 13.2 Å². The van der Waals surface area contributed by atoms with Gasteiger partial charge in [0.2, 0.25) is 0 Å². The first kappa shape index (κ1) is 13.7. The quantitative estimate of drug-likeness (QED) is 0.503. The maximum atomic E-state index is 11.9. The van der Waals surface area contributed by atoms with Crippen LogP contribution in [0.25, 0.3) is 0 Å². The summed E-state index contributed by atoms with van der Waals surface area (Å²) in [5.74, 6) is 1.42. The Hall–Kier alpha value is -0.330. The van der Waals surface area contributed by atoms with Gasteiger partial charge in [-0.25, -0.2) is 0 Å². The summed E-state index contributed by atoms with van der Waals surface area (Å²) < 4.78 is 22.0. The van der Waals surface area contributed by atoms with Crippen LogP contribution in [0.1, 0.15) is 34.1 Å². The van der Waals surface area contributed by atoms with Crippen LogP contribution in [0.2, 0.25) is 0 Å². The van der Waals surface area contributed by atoms with E-state index < -0.39 is 7.60 Å². The van der Waals surface area contributed by atoms with Gasteiger partial charge in [0.05, 0.1) is 19.0 Å². The van der Waals surface area contributed by atoms with E-state index in [1.54, 1.807) is 13.8 Å². The minimum atomic E-state index is -3.04. The highest BCUT2D eigenvalue weighted by Gasteiger charge is 2.18. The Labute approximate surface area is 86.3 Å². The van der Waals surface area contributed by atoms with Gasteiger partial charge < -0.3 is 9.05 Å². The molecular formula is C10H19O3P. The summed E-state index contributed by atoms with van der Waals surface area (Å²) in [5.41, 5.74) is 3.95. The molecule has 0 aromatic rings. The van der Waals surface area contributed by atoms with E-state index in [1.807, 2.05) is 13.8 Å². The van der Waals surface area contributed by atoms with Gasteiger partial charge in [-0.3, -0.25) is 4.57 Å². The highest BCUT2D eigenvalue weighted by Crippen LogP contribution is 2.49. The summed E-state index contributed by atoms with van der Waals surface area (Å²) in [5, 5.41) is 0. The van der Waals surface area contributed by atoms with Crippen LogP contribution < -0.4 is 0 Å². The van der Waals surface area contributed by atoms with Crippen molar-refractivity contribution in [2.24, 2.45) is 0 Å². The molecule has 0 unspecified atom stereocenters. The lowest BCUT2D eigenvalue weighted by molar-refractivity contribution is 0.229. The van der Waals surface area contributed by atoms with Crippen molar-refractivity contribution in [2.45, 2.75) is 34.1 Å². The van der Waals surface area contributed by atoms with Crippen molar-refractivity contribution in [3.63, 3.8) is 0 Å². The molecule has 0 N–H and O–H groups in total. The Morgan fingerprint density at radius 2 is 1.79 bits per heavy atom. The van der Waals surface area contributed by atoms with Crippen LogP contribution in [0.4, 0.5) is 0 Å². The number of hydrogen-bond acceptors (Lipinski definition) is 3. The first-order chi connectivity index (χ1) is 6.58. The third-order valence-corrected chi connectivity index (χ3v) is 3.30. The maximum absolute atomic E-state index is 11.9. The molecule has 0 amide bonds. The van der Waals surface area contributed by atoms with Gasteiger partial charge in [0, 0.05) is 0 Å². The van der Waals surface area contributed by atoms with E-state index >= 15 is 0 Å². The SMILES string of the molecule is CCOP(=O)(C=C=C(C)CC)OCC. The van der Waals surface area contributed by atoms with Crippen molar-refractivity contribution >= 4 is 7.60 Å². The van der Waals surface area contributed by atoms with Gasteiger partial charge in [0.25, 0.3) is 0 Å². The van der Waals surface area contributed by atoms with Crippen LogP contribution in [-0.2, 0) is 13.6 Å². The zero-order chi connectivity index (χ0) is 11.0. The lowest BCUT2D eigenvalue weighted by atomic mass is 10.3. The predicted molar refractivity (Wildman–Crippen MR) is 58.4 cm³/mol. The van der Waals surface area contributed by atoms with Crippen molar-refractivity contribution in [1.29, 1.82) is 0 Å². The second kappa shape index (κ2) is 7.03. The van der Waals surface area contributed by atoms with Crippen molar-refractivity contribution < 1.29 is 13.6 Å². The monoisotopic (exact) mass is 218 g/mol. The maximum Gasteiger partial charge on any atom is 0.361 e. The molecule has 0 heterocycles. The topological polar surface area (TPSA) is 35.5 Å². The van der Waals surface area contributed by atoms with E-state index in [1.165, 1.54) is 5.82 Å². The molecule has 0 saturated heterocycles. The van der Waals surface area contributed by atoms with Gasteiger partial charge in [-0.2, -0.15) is 0 Å². The molecule has 0 aromatic carbocycles. The zero-order valence-electron chi connectivity index (χ0n) is 9.37. The van der Waals surface area contributed by atoms with E-state index in [2.05, 4.69) is 5.73 Å². The van der Waals surface area contributed by atoms with Crippen LogP contribution in [-0.4, -0.2) is 13.2 Å². The van der Waals surface area contributed by atoms with Gasteiger partial charge in [-0.15, -0.1) is 5.73 Å². The first-order valence-electron chi connectivity index (χ1n) is 4.90. The van der Waals surface area contributed by atoms with Crippen LogP contribution in [0.3, 0.4) is 0 Å². The van der Waals surface area contributed by atoms with E-state index in [0.717, 1.165) is 12.0 Å². The fourth-order valence-electron chi connectivity index (χ4n) is 0.763. The molecule has 0 aliphatic carbocycles. The summed E-state index contributed by atoms with van der Waals surface area (Å²) in [6.45, 7) is 8.27. The molecule has 14 heavy (non-hydrogen) atoms. The molecule has 0 aromatic heterocycles. The van der Waals surface area contributed by atoms with E-state index in [9.17, 15) is 4.57 Å².